The maximum absolute atomic E-state index is 13.6. The van der Waals surface area contributed by atoms with E-state index in [0.717, 1.165) is 16.8 Å². The molecule has 0 saturated heterocycles. The molecule has 3 aromatic rings. The van der Waals surface area contributed by atoms with Crippen LogP contribution in [0.15, 0.2) is 42.7 Å². The molecule has 0 aliphatic carbocycles. The van der Waals surface area contributed by atoms with Crippen molar-refractivity contribution >= 4 is 17.6 Å². The van der Waals surface area contributed by atoms with Crippen molar-refractivity contribution in [3.8, 4) is 5.69 Å². The van der Waals surface area contributed by atoms with Gasteiger partial charge >= 0.3 is 5.97 Å². The number of anilines is 1. The fourth-order valence-corrected chi connectivity index (χ4v) is 2.75. The first-order chi connectivity index (χ1) is 13.0. The number of nitrogens with zero attached hydrogens (tertiary/aromatic N) is 4. The van der Waals surface area contributed by atoms with Gasteiger partial charge in [-0.3, -0.25) is 9.59 Å². The minimum atomic E-state index is -1.10. The number of rotatable bonds is 7. The quantitative estimate of drug-likeness (QED) is 0.664. The molecule has 0 aliphatic heterocycles. The number of aromatic nitrogens is 4. The molecule has 2 aromatic heterocycles. The monoisotopic (exact) mass is 371 g/mol. The number of carboxylic acids is 1. The summed E-state index contributed by atoms with van der Waals surface area (Å²) in [5.41, 5.74) is 1.88. The van der Waals surface area contributed by atoms with Gasteiger partial charge < -0.3 is 10.4 Å². The van der Waals surface area contributed by atoms with E-state index in [1.165, 1.54) is 30.6 Å². The van der Waals surface area contributed by atoms with Crippen LogP contribution in [-0.4, -0.2) is 36.5 Å². The van der Waals surface area contributed by atoms with E-state index >= 15 is 0 Å². The minimum Gasteiger partial charge on any atom is -0.480 e. The molecule has 0 unspecified atom stereocenters. The van der Waals surface area contributed by atoms with Crippen LogP contribution in [0.4, 0.5) is 10.1 Å². The highest BCUT2D eigenvalue weighted by atomic mass is 19.1. The Labute approximate surface area is 154 Å². The van der Waals surface area contributed by atoms with Crippen LogP contribution in [0, 0.1) is 5.82 Å². The lowest BCUT2D eigenvalue weighted by Crippen LogP contribution is -2.21. The van der Waals surface area contributed by atoms with Gasteiger partial charge in [0.25, 0.3) is 5.91 Å². The predicted octanol–water partition coefficient (Wildman–Crippen LogP) is 2.50. The third kappa shape index (κ3) is 4.02. The van der Waals surface area contributed by atoms with E-state index in [-0.39, 0.29) is 11.5 Å². The Balaban J connectivity index is 1.90. The molecule has 2 N–H and O–H groups in total. The zero-order chi connectivity index (χ0) is 19.4. The Morgan fingerprint density at radius 1 is 1.26 bits per heavy atom. The zero-order valence-corrected chi connectivity index (χ0v) is 14.6. The Hall–Kier alpha value is -3.49. The molecular formula is C18H18FN5O3. The van der Waals surface area contributed by atoms with Gasteiger partial charge in [0, 0.05) is 6.20 Å². The summed E-state index contributed by atoms with van der Waals surface area (Å²) in [6, 6.07) is 7.46. The van der Waals surface area contributed by atoms with Crippen LogP contribution in [0.2, 0.25) is 0 Å². The number of amides is 1. The second-order valence-electron chi connectivity index (χ2n) is 5.87. The molecule has 0 saturated carbocycles. The van der Waals surface area contributed by atoms with Crippen LogP contribution in [0.1, 0.15) is 29.5 Å². The molecule has 140 valence electrons. The van der Waals surface area contributed by atoms with Gasteiger partial charge in [-0.2, -0.15) is 10.2 Å². The molecule has 1 aromatic carbocycles. The Bertz CT molecular complexity index is 979. The number of carbonyl (C=O) groups is 2. The largest absolute Gasteiger partial charge is 0.480 e. The van der Waals surface area contributed by atoms with E-state index < -0.39 is 18.4 Å². The third-order valence-electron chi connectivity index (χ3n) is 3.89. The van der Waals surface area contributed by atoms with Gasteiger partial charge in [0.2, 0.25) is 0 Å². The molecule has 27 heavy (non-hydrogen) atoms. The lowest BCUT2D eigenvalue weighted by molar-refractivity contribution is -0.137. The summed E-state index contributed by atoms with van der Waals surface area (Å²) in [6.45, 7) is 1.57. The summed E-state index contributed by atoms with van der Waals surface area (Å²) < 4.78 is 16.2. The normalized spacial score (nSPS) is 10.7. The van der Waals surface area contributed by atoms with Crippen molar-refractivity contribution in [3.63, 3.8) is 0 Å². The first kappa shape index (κ1) is 18.3. The first-order valence-electron chi connectivity index (χ1n) is 8.37. The Kier molecular flexibility index (Phi) is 5.30. The van der Waals surface area contributed by atoms with Gasteiger partial charge in [0.05, 0.1) is 23.3 Å². The smallest absolute Gasteiger partial charge is 0.325 e. The van der Waals surface area contributed by atoms with Crippen LogP contribution in [0.3, 0.4) is 0 Å². The number of carbonyl (C=O) groups excluding carboxylic acids is 1. The number of aliphatic carboxylic acids is 1. The van der Waals surface area contributed by atoms with Crippen LogP contribution in [-0.2, 0) is 17.8 Å². The van der Waals surface area contributed by atoms with Crippen LogP contribution < -0.4 is 5.32 Å². The second-order valence-corrected chi connectivity index (χ2v) is 5.87. The number of benzene rings is 1. The van der Waals surface area contributed by atoms with E-state index in [4.69, 9.17) is 5.11 Å². The second kappa shape index (κ2) is 7.81. The number of hydrogen-bond donors (Lipinski definition) is 2. The number of hydrogen-bond acceptors (Lipinski definition) is 4. The molecule has 0 fully saturated rings. The van der Waals surface area contributed by atoms with Crippen molar-refractivity contribution in [1.29, 1.82) is 0 Å². The zero-order valence-electron chi connectivity index (χ0n) is 14.6. The summed E-state index contributed by atoms with van der Waals surface area (Å²) in [6.07, 6.45) is 4.26. The molecule has 2 heterocycles. The molecule has 9 heteroatoms. The molecule has 0 atom stereocenters. The van der Waals surface area contributed by atoms with Crippen molar-refractivity contribution < 1.29 is 19.1 Å². The summed E-state index contributed by atoms with van der Waals surface area (Å²) >= 11 is 0. The van der Waals surface area contributed by atoms with Gasteiger partial charge in [-0.15, -0.1) is 0 Å². The van der Waals surface area contributed by atoms with Crippen LogP contribution >= 0.6 is 0 Å². The number of halogens is 1. The topological polar surface area (TPSA) is 102 Å². The summed E-state index contributed by atoms with van der Waals surface area (Å²) in [5.74, 6) is -1.98. The summed E-state index contributed by atoms with van der Waals surface area (Å²) in [7, 11) is 0. The Morgan fingerprint density at radius 2 is 2.07 bits per heavy atom. The predicted molar refractivity (Wildman–Crippen MR) is 95.3 cm³/mol. The fraction of sp³-hybridized carbons (Fsp3) is 0.222. The summed E-state index contributed by atoms with van der Waals surface area (Å²) in [5, 5.41) is 19.8. The number of nitrogens with one attached hydrogen (secondary N) is 1. The van der Waals surface area contributed by atoms with Gasteiger partial charge in [0.15, 0.2) is 0 Å². The SMILES string of the molecule is CCCc1c(NC(=O)c2ccnn2CC(=O)O)cnn1-c1cccc(F)c1. The van der Waals surface area contributed by atoms with Crippen LogP contribution in [0.25, 0.3) is 5.69 Å². The fourth-order valence-electron chi connectivity index (χ4n) is 2.75. The molecule has 0 aliphatic rings. The lowest BCUT2D eigenvalue weighted by atomic mass is 10.2. The first-order valence-corrected chi connectivity index (χ1v) is 8.37. The highest BCUT2D eigenvalue weighted by Crippen LogP contribution is 2.22. The molecule has 0 radical (unpaired) electrons. The van der Waals surface area contributed by atoms with E-state index in [2.05, 4.69) is 15.5 Å². The van der Waals surface area contributed by atoms with E-state index in [9.17, 15) is 14.0 Å². The molecule has 3 rings (SSSR count). The minimum absolute atomic E-state index is 0.123. The average Bonchev–Trinajstić information content (AvgIpc) is 3.22. The molecule has 0 bridgehead atoms. The maximum atomic E-state index is 13.6. The highest BCUT2D eigenvalue weighted by molar-refractivity contribution is 6.03. The maximum Gasteiger partial charge on any atom is 0.325 e. The highest BCUT2D eigenvalue weighted by Gasteiger charge is 2.18. The summed E-state index contributed by atoms with van der Waals surface area (Å²) in [4.78, 5) is 23.5. The van der Waals surface area contributed by atoms with E-state index in [1.807, 2.05) is 6.92 Å². The molecule has 0 spiro atoms. The van der Waals surface area contributed by atoms with Crippen molar-refractivity contribution in [2.24, 2.45) is 0 Å². The lowest BCUT2D eigenvalue weighted by Gasteiger charge is -2.10. The van der Waals surface area contributed by atoms with E-state index in [1.54, 1.807) is 16.8 Å². The third-order valence-corrected chi connectivity index (χ3v) is 3.89. The van der Waals surface area contributed by atoms with Gasteiger partial charge in [-0.1, -0.05) is 19.4 Å². The van der Waals surface area contributed by atoms with Crippen molar-refractivity contribution in [2.75, 3.05) is 5.32 Å². The molecule has 8 nitrogen and oxygen atoms in total. The van der Waals surface area contributed by atoms with Crippen molar-refractivity contribution in [2.45, 2.75) is 26.3 Å². The van der Waals surface area contributed by atoms with Crippen molar-refractivity contribution in [3.05, 3.63) is 59.9 Å². The molecule has 1 amide bonds. The van der Waals surface area contributed by atoms with E-state index in [0.29, 0.717) is 17.8 Å². The van der Waals surface area contributed by atoms with Crippen molar-refractivity contribution in [1.82, 2.24) is 19.6 Å². The standard InChI is InChI=1S/C18H18FN5O3/c1-2-4-15-14(10-21-24(15)13-6-3-5-12(19)9-13)22-18(27)16-7-8-20-23(16)11-17(25)26/h3,5-10H,2,4,11H2,1H3,(H,22,27)(H,25,26). The average molecular weight is 371 g/mol. The van der Waals surface area contributed by atoms with Gasteiger partial charge in [-0.05, 0) is 30.7 Å². The van der Waals surface area contributed by atoms with Gasteiger partial charge in [-0.25, -0.2) is 13.8 Å². The van der Waals surface area contributed by atoms with Crippen LogP contribution in [0.5, 0.6) is 0 Å². The number of carboxylic acid groups (broad SMARTS) is 1. The Morgan fingerprint density at radius 3 is 2.78 bits per heavy atom. The van der Waals surface area contributed by atoms with Gasteiger partial charge in [0.1, 0.15) is 18.1 Å². The molecular weight excluding hydrogens is 353 g/mol.